The summed E-state index contributed by atoms with van der Waals surface area (Å²) >= 11 is 0. The van der Waals surface area contributed by atoms with Gasteiger partial charge >= 0.3 is 0 Å². The average molecular weight is 493 g/mol. The summed E-state index contributed by atoms with van der Waals surface area (Å²) in [6, 6.07) is 18.0. The van der Waals surface area contributed by atoms with Gasteiger partial charge in [0, 0.05) is 13.1 Å². The van der Waals surface area contributed by atoms with Crippen LogP contribution >= 0.6 is 24.0 Å². The van der Waals surface area contributed by atoms with E-state index in [4.69, 9.17) is 4.74 Å². The van der Waals surface area contributed by atoms with Crippen molar-refractivity contribution in [3.05, 3.63) is 60.4 Å². The Kier molecular flexibility index (Phi) is 9.06. The van der Waals surface area contributed by atoms with Crippen molar-refractivity contribution >= 4 is 41.0 Å². The predicted molar refractivity (Wildman–Crippen MR) is 126 cm³/mol. The summed E-state index contributed by atoms with van der Waals surface area (Å²) in [6.45, 7) is 7.66. The van der Waals surface area contributed by atoms with E-state index in [9.17, 15) is 0 Å². The molecule has 7 heteroatoms. The Morgan fingerprint density at radius 2 is 1.82 bits per heavy atom. The number of nitrogens with zero attached hydrogens (tertiary/aromatic N) is 3. The summed E-state index contributed by atoms with van der Waals surface area (Å²) in [7, 11) is 0. The molecule has 0 amide bonds. The molecule has 3 aromatic rings. The van der Waals surface area contributed by atoms with E-state index in [0.717, 1.165) is 41.7 Å². The van der Waals surface area contributed by atoms with Crippen LogP contribution in [-0.2, 0) is 6.54 Å². The minimum atomic E-state index is 0. The van der Waals surface area contributed by atoms with E-state index in [1.54, 1.807) is 0 Å². The first-order chi connectivity index (χ1) is 13.3. The highest BCUT2D eigenvalue weighted by Crippen LogP contribution is 2.15. The molecule has 0 radical (unpaired) electrons. The number of aryl methyl sites for hydroxylation is 1. The highest BCUT2D eigenvalue weighted by Gasteiger charge is 2.06. The highest BCUT2D eigenvalue weighted by atomic mass is 127. The summed E-state index contributed by atoms with van der Waals surface area (Å²) in [5.74, 6) is 2.69. The van der Waals surface area contributed by atoms with Crippen molar-refractivity contribution in [2.24, 2.45) is 4.99 Å². The molecular formula is C21H28IN5O. The fourth-order valence-corrected chi connectivity index (χ4v) is 2.94. The van der Waals surface area contributed by atoms with Crippen LogP contribution < -0.4 is 15.4 Å². The Balaban J connectivity index is 0.00000280. The Bertz CT molecular complexity index is 879. The number of hydrogen-bond acceptors (Lipinski definition) is 3. The standard InChI is InChI=1S/C21H27N5O.HI/c1-3-22-21(24-14-16-27-18-9-5-4-6-10-18)23-13-15-26-17(2)25-19-11-7-8-12-20(19)26;/h4-12H,3,13-16H2,1-2H3,(H2,22,23,24);1H. The maximum atomic E-state index is 5.70. The maximum absolute atomic E-state index is 5.70. The minimum Gasteiger partial charge on any atom is -0.492 e. The van der Waals surface area contributed by atoms with Gasteiger partial charge in [-0.3, -0.25) is 4.99 Å². The van der Waals surface area contributed by atoms with Crippen molar-refractivity contribution in [3.8, 4) is 5.75 Å². The fraction of sp³-hybridized carbons (Fsp3) is 0.333. The third-order valence-corrected chi connectivity index (χ3v) is 4.19. The molecule has 0 atom stereocenters. The Hall–Kier alpha value is -2.29. The largest absolute Gasteiger partial charge is 0.492 e. The fourth-order valence-electron chi connectivity index (χ4n) is 2.94. The van der Waals surface area contributed by atoms with Gasteiger partial charge in [-0.1, -0.05) is 30.3 Å². The average Bonchev–Trinajstić information content (AvgIpc) is 3.01. The molecule has 0 fully saturated rings. The van der Waals surface area contributed by atoms with Gasteiger partial charge in [0.1, 0.15) is 18.2 Å². The molecule has 0 saturated heterocycles. The van der Waals surface area contributed by atoms with Crippen LogP contribution in [0.3, 0.4) is 0 Å². The highest BCUT2D eigenvalue weighted by molar-refractivity contribution is 14.0. The van der Waals surface area contributed by atoms with Gasteiger partial charge in [-0.2, -0.15) is 0 Å². The van der Waals surface area contributed by atoms with Gasteiger partial charge in [0.15, 0.2) is 5.96 Å². The molecule has 0 bridgehead atoms. The van der Waals surface area contributed by atoms with Crippen molar-refractivity contribution in [2.45, 2.75) is 20.4 Å². The molecule has 0 aliphatic rings. The SMILES string of the molecule is CCNC(=NCCn1c(C)nc2ccccc21)NCCOc1ccccc1.I. The van der Waals surface area contributed by atoms with Gasteiger partial charge in [0.25, 0.3) is 0 Å². The van der Waals surface area contributed by atoms with Crippen LogP contribution in [0.15, 0.2) is 59.6 Å². The molecule has 0 aliphatic heterocycles. The number of guanidine groups is 1. The van der Waals surface area contributed by atoms with E-state index in [-0.39, 0.29) is 24.0 Å². The van der Waals surface area contributed by atoms with Crippen LogP contribution in [0, 0.1) is 6.92 Å². The van der Waals surface area contributed by atoms with E-state index in [1.807, 2.05) is 55.5 Å². The summed E-state index contributed by atoms with van der Waals surface area (Å²) in [4.78, 5) is 9.27. The van der Waals surface area contributed by atoms with Gasteiger partial charge in [-0.25, -0.2) is 4.98 Å². The third-order valence-electron chi connectivity index (χ3n) is 4.19. The van der Waals surface area contributed by atoms with Gasteiger partial charge in [-0.05, 0) is 38.1 Å². The lowest BCUT2D eigenvalue weighted by atomic mass is 10.3. The number of hydrogen-bond donors (Lipinski definition) is 2. The number of rotatable bonds is 8. The second-order valence-electron chi connectivity index (χ2n) is 6.15. The smallest absolute Gasteiger partial charge is 0.191 e. The molecule has 1 heterocycles. The lowest BCUT2D eigenvalue weighted by molar-refractivity contribution is 0.322. The van der Waals surface area contributed by atoms with Gasteiger partial charge in [0.05, 0.1) is 24.1 Å². The summed E-state index contributed by atoms with van der Waals surface area (Å²) < 4.78 is 7.91. The number of benzene rings is 2. The molecule has 1 aromatic heterocycles. The van der Waals surface area contributed by atoms with Crippen molar-refractivity contribution in [1.82, 2.24) is 20.2 Å². The van der Waals surface area contributed by atoms with Crippen LogP contribution in [0.2, 0.25) is 0 Å². The Morgan fingerprint density at radius 3 is 2.61 bits per heavy atom. The normalized spacial score (nSPS) is 11.1. The number of halogens is 1. The zero-order valence-electron chi connectivity index (χ0n) is 16.4. The zero-order valence-corrected chi connectivity index (χ0v) is 18.7. The van der Waals surface area contributed by atoms with Crippen LogP contribution in [-0.4, -0.2) is 41.8 Å². The number of fused-ring (bicyclic) bond motifs is 1. The molecule has 2 N–H and O–H groups in total. The summed E-state index contributed by atoms with van der Waals surface area (Å²) in [6.07, 6.45) is 0. The molecule has 3 rings (SSSR count). The van der Waals surface area contributed by atoms with Crippen LogP contribution in [0.25, 0.3) is 11.0 Å². The predicted octanol–water partition coefficient (Wildman–Crippen LogP) is 3.60. The Labute approximate surface area is 183 Å². The molecule has 150 valence electrons. The lowest BCUT2D eigenvalue weighted by Crippen LogP contribution is -2.39. The number of aromatic nitrogens is 2. The number of ether oxygens (including phenoxy) is 1. The molecule has 0 spiro atoms. The van der Waals surface area contributed by atoms with Crippen LogP contribution in [0.1, 0.15) is 12.7 Å². The minimum absolute atomic E-state index is 0. The summed E-state index contributed by atoms with van der Waals surface area (Å²) in [5, 5.41) is 6.58. The molecule has 0 aliphatic carbocycles. The maximum Gasteiger partial charge on any atom is 0.191 e. The van der Waals surface area contributed by atoms with Crippen LogP contribution in [0.5, 0.6) is 5.75 Å². The van der Waals surface area contributed by atoms with Gasteiger partial charge in [0.2, 0.25) is 0 Å². The van der Waals surface area contributed by atoms with E-state index in [0.29, 0.717) is 19.7 Å². The molecular weight excluding hydrogens is 465 g/mol. The number of imidazole rings is 1. The van der Waals surface area contributed by atoms with E-state index >= 15 is 0 Å². The first kappa shape index (κ1) is 22.0. The van der Waals surface area contributed by atoms with Crippen molar-refractivity contribution in [1.29, 1.82) is 0 Å². The lowest BCUT2D eigenvalue weighted by Gasteiger charge is -2.12. The number of para-hydroxylation sites is 3. The Morgan fingerprint density at radius 1 is 1.07 bits per heavy atom. The zero-order chi connectivity index (χ0) is 18.9. The van der Waals surface area contributed by atoms with Crippen LogP contribution in [0.4, 0.5) is 0 Å². The molecule has 2 aromatic carbocycles. The topological polar surface area (TPSA) is 63.5 Å². The van der Waals surface area contributed by atoms with Crippen molar-refractivity contribution in [3.63, 3.8) is 0 Å². The first-order valence-electron chi connectivity index (χ1n) is 9.40. The monoisotopic (exact) mass is 493 g/mol. The van der Waals surface area contributed by atoms with Gasteiger partial charge in [-0.15, -0.1) is 24.0 Å². The van der Waals surface area contributed by atoms with E-state index in [2.05, 4.69) is 38.2 Å². The quantitative estimate of drug-likeness (QED) is 0.218. The van der Waals surface area contributed by atoms with Crippen molar-refractivity contribution < 1.29 is 4.74 Å². The third kappa shape index (κ3) is 6.12. The second-order valence-corrected chi connectivity index (χ2v) is 6.15. The first-order valence-corrected chi connectivity index (χ1v) is 9.40. The second kappa shape index (κ2) is 11.5. The van der Waals surface area contributed by atoms with Crippen molar-refractivity contribution in [2.75, 3.05) is 26.2 Å². The number of aliphatic imine (C=N–C) groups is 1. The molecule has 0 saturated carbocycles. The summed E-state index contributed by atoms with van der Waals surface area (Å²) in [5.41, 5.74) is 2.18. The van der Waals surface area contributed by atoms with E-state index < -0.39 is 0 Å². The van der Waals surface area contributed by atoms with Gasteiger partial charge < -0.3 is 19.9 Å². The number of nitrogens with one attached hydrogen (secondary N) is 2. The van der Waals surface area contributed by atoms with E-state index in [1.165, 1.54) is 0 Å². The molecule has 6 nitrogen and oxygen atoms in total. The molecule has 28 heavy (non-hydrogen) atoms. The molecule has 0 unspecified atom stereocenters.